The largest absolute Gasteiger partial charge is 0.298 e. The average molecular weight is 212 g/mol. The van der Waals surface area contributed by atoms with Crippen LogP contribution in [0.5, 0.6) is 0 Å². The molecule has 0 aromatic heterocycles. The van der Waals surface area contributed by atoms with Crippen LogP contribution >= 0.6 is 0 Å². The van der Waals surface area contributed by atoms with Gasteiger partial charge in [0.2, 0.25) is 11.8 Å². The van der Waals surface area contributed by atoms with Gasteiger partial charge in [0.1, 0.15) is 5.78 Å². The van der Waals surface area contributed by atoms with Gasteiger partial charge in [-0.05, 0) is 13.3 Å². The molecule has 0 aromatic carbocycles. The lowest BCUT2D eigenvalue weighted by atomic mass is 10.1. The second-order valence-corrected chi connectivity index (χ2v) is 3.78. The van der Waals surface area contributed by atoms with E-state index in [0.29, 0.717) is 6.42 Å². The molecule has 5 heteroatoms. The molecule has 0 aromatic rings. The molecule has 1 N–H and O–H groups in total. The Balaban J connectivity index is 2.55. The molecule has 0 spiro atoms. The zero-order chi connectivity index (χ0) is 11.4. The van der Waals surface area contributed by atoms with Crippen LogP contribution in [-0.2, 0) is 14.4 Å². The Hall–Kier alpha value is -1.23. The summed E-state index contributed by atoms with van der Waals surface area (Å²) in [5.41, 5.74) is 0. The van der Waals surface area contributed by atoms with Gasteiger partial charge < -0.3 is 0 Å². The van der Waals surface area contributed by atoms with Gasteiger partial charge in [0.15, 0.2) is 0 Å². The maximum absolute atomic E-state index is 11.4. The molecule has 1 unspecified atom stereocenters. The molecular formula is C10H16N2O3. The summed E-state index contributed by atoms with van der Waals surface area (Å²) >= 11 is 0. The number of piperazine rings is 1. The molecular weight excluding hydrogens is 196 g/mol. The molecule has 0 saturated carbocycles. The molecule has 15 heavy (non-hydrogen) atoms. The number of rotatable bonds is 4. The van der Waals surface area contributed by atoms with Crippen molar-refractivity contribution in [2.24, 2.45) is 0 Å². The van der Waals surface area contributed by atoms with Gasteiger partial charge >= 0.3 is 0 Å². The smallest absolute Gasteiger partial charge is 0.243 e. The van der Waals surface area contributed by atoms with Gasteiger partial charge in [0, 0.05) is 6.42 Å². The van der Waals surface area contributed by atoms with E-state index < -0.39 is 6.04 Å². The molecule has 0 bridgehead atoms. The topological polar surface area (TPSA) is 66.5 Å². The Morgan fingerprint density at radius 2 is 2.20 bits per heavy atom. The summed E-state index contributed by atoms with van der Waals surface area (Å²) in [6, 6.07) is -0.400. The van der Waals surface area contributed by atoms with Crippen LogP contribution in [0.3, 0.4) is 0 Å². The number of nitrogens with one attached hydrogen (secondary N) is 1. The van der Waals surface area contributed by atoms with Gasteiger partial charge in [0.05, 0.1) is 19.1 Å². The van der Waals surface area contributed by atoms with Crippen LogP contribution in [0.4, 0.5) is 0 Å². The van der Waals surface area contributed by atoms with Gasteiger partial charge in [-0.15, -0.1) is 0 Å². The number of hydrogen-bond acceptors (Lipinski definition) is 4. The molecule has 0 aliphatic carbocycles. The van der Waals surface area contributed by atoms with E-state index in [0.717, 1.165) is 6.42 Å². The number of carbonyl (C=O) groups is 3. The van der Waals surface area contributed by atoms with Crippen molar-refractivity contribution in [3.05, 3.63) is 0 Å². The maximum atomic E-state index is 11.4. The van der Waals surface area contributed by atoms with Crippen LogP contribution in [-0.4, -0.2) is 41.6 Å². The van der Waals surface area contributed by atoms with Gasteiger partial charge in [-0.25, -0.2) is 0 Å². The third kappa shape index (κ3) is 3.13. The van der Waals surface area contributed by atoms with Crippen molar-refractivity contribution in [2.75, 3.05) is 13.1 Å². The Labute approximate surface area is 88.8 Å². The maximum Gasteiger partial charge on any atom is 0.243 e. The zero-order valence-electron chi connectivity index (χ0n) is 9.08. The first-order valence-corrected chi connectivity index (χ1v) is 5.14. The van der Waals surface area contributed by atoms with E-state index >= 15 is 0 Å². The Kier molecular flexibility index (Phi) is 3.96. The number of amides is 2. The van der Waals surface area contributed by atoms with Crippen LogP contribution in [0.15, 0.2) is 0 Å². The molecule has 1 fully saturated rings. The van der Waals surface area contributed by atoms with E-state index in [2.05, 4.69) is 5.32 Å². The molecule has 1 atom stereocenters. The number of ketones is 1. The SMILES string of the molecule is CCCC(=O)CN1CC(=O)NC(=O)C1C. The molecule has 1 saturated heterocycles. The molecule has 1 heterocycles. The number of nitrogens with zero attached hydrogens (tertiary/aromatic N) is 1. The van der Waals surface area contributed by atoms with Crippen LogP contribution in [0.25, 0.3) is 0 Å². The van der Waals surface area contributed by atoms with Crippen LogP contribution in [0, 0.1) is 0 Å². The zero-order valence-corrected chi connectivity index (χ0v) is 9.08. The van der Waals surface area contributed by atoms with Crippen LogP contribution in [0.1, 0.15) is 26.7 Å². The summed E-state index contributed by atoms with van der Waals surface area (Å²) in [6.07, 6.45) is 1.29. The highest BCUT2D eigenvalue weighted by molar-refractivity contribution is 6.01. The lowest BCUT2D eigenvalue weighted by Gasteiger charge is -2.30. The van der Waals surface area contributed by atoms with Gasteiger partial charge in [-0.3, -0.25) is 24.6 Å². The minimum Gasteiger partial charge on any atom is -0.298 e. The lowest BCUT2D eigenvalue weighted by molar-refractivity contribution is -0.140. The highest BCUT2D eigenvalue weighted by atomic mass is 16.2. The molecule has 0 radical (unpaired) electrons. The number of imide groups is 1. The fourth-order valence-corrected chi connectivity index (χ4v) is 1.55. The van der Waals surface area contributed by atoms with E-state index in [-0.39, 0.29) is 30.7 Å². The fourth-order valence-electron chi connectivity index (χ4n) is 1.55. The minimum absolute atomic E-state index is 0.0758. The molecule has 1 rings (SSSR count). The lowest BCUT2D eigenvalue weighted by Crippen LogP contribution is -2.57. The van der Waals surface area contributed by atoms with Gasteiger partial charge in [0.25, 0.3) is 0 Å². The van der Waals surface area contributed by atoms with Crippen molar-refractivity contribution in [1.82, 2.24) is 10.2 Å². The van der Waals surface area contributed by atoms with Crippen LogP contribution < -0.4 is 5.32 Å². The van der Waals surface area contributed by atoms with E-state index in [1.165, 1.54) is 0 Å². The summed E-state index contributed by atoms with van der Waals surface area (Å²) in [5, 5.41) is 2.23. The normalized spacial score (nSPS) is 22.7. The number of Topliss-reactive ketones (excluding diaryl/α,β-unsaturated/α-hetero) is 1. The molecule has 84 valence electrons. The second kappa shape index (κ2) is 5.02. The minimum atomic E-state index is -0.400. The van der Waals surface area contributed by atoms with Gasteiger partial charge in [-0.2, -0.15) is 0 Å². The second-order valence-electron chi connectivity index (χ2n) is 3.78. The summed E-state index contributed by atoms with van der Waals surface area (Å²) in [7, 11) is 0. The molecule has 5 nitrogen and oxygen atoms in total. The summed E-state index contributed by atoms with van der Waals surface area (Å²) in [5.74, 6) is -0.579. The quantitative estimate of drug-likeness (QED) is 0.650. The first-order valence-electron chi connectivity index (χ1n) is 5.14. The summed E-state index contributed by atoms with van der Waals surface area (Å²) in [4.78, 5) is 35.3. The Bertz CT molecular complexity index is 288. The first kappa shape index (κ1) is 11.8. The predicted molar refractivity (Wildman–Crippen MR) is 54.1 cm³/mol. The summed E-state index contributed by atoms with van der Waals surface area (Å²) in [6.45, 7) is 3.94. The van der Waals surface area contributed by atoms with Crippen molar-refractivity contribution >= 4 is 17.6 Å². The summed E-state index contributed by atoms with van der Waals surface area (Å²) < 4.78 is 0. The predicted octanol–water partition coefficient (Wildman–Crippen LogP) is -0.297. The monoisotopic (exact) mass is 212 g/mol. The van der Waals surface area contributed by atoms with E-state index in [1.54, 1.807) is 11.8 Å². The highest BCUT2D eigenvalue weighted by Crippen LogP contribution is 2.05. The van der Waals surface area contributed by atoms with Gasteiger partial charge in [-0.1, -0.05) is 6.92 Å². The first-order chi connectivity index (χ1) is 7.04. The van der Waals surface area contributed by atoms with Crippen molar-refractivity contribution in [1.29, 1.82) is 0 Å². The van der Waals surface area contributed by atoms with E-state index in [1.807, 2.05) is 6.92 Å². The van der Waals surface area contributed by atoms with Crippen molar-refractivity contribution in [3.8, 4) is 0 Å². The van der Waals surface area contributed by atoms with Crippen LogP contribution in [0.2, 0.25) is 0 Å². The Morgan fingerprint density at radius 3 is 2.80 bits per heavy atom. The van der Waals surface area contributed by atoms with Crippen molar-refractivity contribution < 1.29 is 14.4 Å². The van der Waals surface area contributed by atoms with Crippen molar-refractivity contribution in [3.63, 3.8) is 0 Å². The highest BCUT2D eigenvalue weighted by Gasteiger charge is 2.30. The third-order valence-corrected chi connectivity index (χ3v) is 2.44. The molecule has 1 aliphatic rings. The fraction of sp³-hybridized carbons (Fsp3) is 0.700. The third-order valence-electron chi connectivity index (χ3n) is 2.44. The van der Waals surface area contributed by atoms with E-state index in [4.69, 9.17) is 0 Å². The average Bonchev–Trinajstić information content (AvgIpc) is 2.13. The van der Waals surface area contributed by atoms with Crippen molar-refractivity contribution in [2.45, 2.75) is 32.7 Å². The molecule has 2 amide bonds. The van der Waals surface area contributed by atoms with E-state index in [9.17, 15) is 14.4 Å². The molecule has 1 aliphatic heterocycles. The standard InChI is InChI=1S/C10H16N2O3/c1-3-4-8(13)5-12-6-9(14)11-10(15)7(12)2/h7H,3-6H2,1-2H3,(H,11,14,15). The Morgan fingerprint density at radius 1 is 1.53 bits per heavy atom. The number of carbonyl (C=O) groups excluding carboxylic acids is 3. The number of hydrogen-bond donors (Lipinski definition) is 1.